The van der Waals surface area contributed by atoms with E-state index in [0.717, 1.165) is 30.2 Å². The highest BCUT2D eigenvalue weighted by Crippen LogP contribution is 2.37. The Morgan fingerprint density at radius 1 is 1.56 bits per heavy atom. The molecule has 18 heavy (non-hydrogen) atoms. The van der Waals surface area contributed by atoms with Gasteiger partial charge in [0.05, 0.1) is 19.4 Å². The van der Waals surface area contributed by atoms with E-state index in [9.17, 15) is 0 Å². The van der Waals surface area contributed by atoms with Crippen LogP contribution in [0.2, 0.25) is 0 Å². The van der Waals surface area contributed by atoms with Crippen molar-refractivity contribution in [1.82, 2.24) is 9.97 Å². The molecule has 2 atom stereocenters. The molecule has 1 aromatic rings. The minimum atomic E-state index is -0.0512. The monoisotopic (exact) mass is 251 g/mol. The zero-order chi connectivity index (χ0) is 12.5. The summed E-state index contributed by atoms with van der Waals surface area (Å²) < 4.78 is 5.78. The van der Waals surface area contributed by atoms with Gasteiger partial charge in [-0.2, -0.15) is 0 Å². The van der Waals surface area contributed by atoms with Crippen molar-refractivity contribution in [3.63, 3.8) is 0 Å². The molecule has 0 spiro atoms. The van der Waals surface area contributed by atoms with Gasteiger partial charge in [0.1, 0.15) is 18.2 Å². The van der Waals surface area contributed by atoms with E-state index in [1.807, 2.05) is 7.05 Å². The van der Waals surface area contributed by atoms with E-state index in [4.69, 9.17) is 9.84 Å². The van der Waals surface area contributed by atoms with Gasteiger partial charge in [0.2, 0.25) is 0 Å². The summed E-state index contributed by atoms with van der Waals surface area (Å²) in [6.07, 6.45) is 3.27. The van der Waals surface area contributed by atoms with Crippen LogP contribution in [0.4, 0.5) is 17.3 Å². The van der Waals surface area contributed by atoms with Crippen molar-refractivity contribution in [3.8, 4) is 0 Å². The summed E-state index contributed by atoms with van der Waals surface area (Å²) in [7, 11) is 1.83. The van der Waals surface area contributed by atoms with Gasteiger partial charge in [0.25, 0.3) is 0 Å². The molecule has 1 fully saturated rings. The van der Waals surface area contributed by atoms with Crippen LogP contribution in [-0.4, -0.2) is 47.7 Å². The largest absolute Gasteiger partial charge is 0.394 e. The zero-order valence-electron chi connectivity index (χ0n) is 10.3. The third-order valence-corrected chi connectivity index (χ3v) is 3.40. The average molecular weight is 251 g/mol. The van der Waals surface area contributed by atoms with E-state index in [1.165, 1.54) is 0 Å². The molecule has 1 aromatic heterocycles. The van der Waals surface area contributed by atoms with Crippen molar-refractivity contribution in [2.24, 2.45) is 0 Å². The zero-order valence-corrected chi connectivity index (χ0v) is 10.3. The van der Waals surface area contributed by atoms with Gasteiger partial charge in [-0.15, -0.1) is 0 Å². The van der Waals surface area contributed by atoms with Gasteiger partial charge in [-0.3, -0.25) is 0 Å². The number of rotatable bonds is 3. The molecule has 1 saturated heterocycles. The number of fused-ring (bicyclic) bond motifs is 1. The van der Waals surface area contributed by atoms with Gasteiger partial charge in [-0.1, -0.05) is 0 Å². The highest BCUT2D eigenvalue weighted by Gasteiger charge is 2.35. The second-order valence-electron chi connectivity index (χ2n) is 4.45. The molecule has 2 aliphatic rings. The quantitative estimate of drug-likeness (QED) is 0.708. The van der Waals surface area contributed by atoms with Crippen molar-refractivity contribution < 1.29 is 9.84 Å². The molecule has 0 aromatic carbocycles. The van der Waals surface area contributed by atoms with Crippen molar-refractivity contribution in [2.75, 3.05) is 35.9 Å². The number of anilines is 3. The topological polar surface area (TPSA) is 82.5 Å². The molecule has 2 aliphatic heterocycles. The molecule has 0 aliphatic carbocycles. The average Bonchev–Trinajstić information content (AvgIpc) is 3.03. The Hall–Kier alpha value is -1.60. The first-order chi connectivity index (χ1) is 8.83. The fourth-order valence-corrected chi connectivity index (χ4v) is 2.47. The van der Waals surface area contributed by atoms with Crippen LogP contribution in [0.5, 0.6) is 0 Å². The summed E-state index contributed by atoms with van der Waals surface area (Å²) in [6, 6.07) is 0. The summed E-state index contributed by atoms with van der Waals surface area (Å²) in [6.45, 7) is 0.738. The fourth-order valence-electron chi connectivity index (χ4n) is 2.47. The van der Waals surface area contributed by atoms with Crippen LogP contribution in [0.1, 0.15) is 12.8 Å². The number of aromatic nitrogens is 2. The van der Waals surface area contributed by atoms with Crippen LogP contribution in [0.15, 0.2) is 6.33 Å². The van der Waals surface area contributed by atoms with Gasteiger partial charge in [-0.25, -0.2) is 9.97 Å². The SMILES string of the molecule is CNc1ncnc2c1NCN2C1CCC(CO)O1. The Kier molecular flexibility index (Phi) is 2.92. The second kappa shape index (κ2) is 4.58. The van der Waals surface area contributed by atoms with Gasteiger partial charge >= 0.3 is 0 Å². The van der Waals surface area contributed by atoms with E-state index >= 15 is 0 Å². The lowest BCUT2D eigenvalue weighted by atomic mass is 10.2. The third kappa shape index (κ3) is 1.75. The van der Waals surface area contributed by atoms with Crippen molar-refractivity contribution >= 4 is 17.3 Å². The molecule has 0 radical (unpaired) electrons. The van der Waals surface area contributed by atoms with Crippen LogP contribution < -0.4 is 15.5 Å². The molecule has 98 valence electrons. The third-order valence-electron chi connectivity index (χ3n) is 3.40. The van der Waals surface area contributed by atoms with Crippen LogP contribution in [-0.2, 0) is 4.74 Å². The molecule has 3 N–H and O–H groups in total. The van der Waals surface area contributed by atoms with Crippen LogP contribution in [0, 0.1) is 0 Å². The Bertz CT molecular complexity index is 441. The summed E-state index contributed by atoms with van der Waals surface area (Å²) in [5, 5.41) is 15.4. The number of nitrogens with zero attached hydrogens (tertiary/aromatic N) is 3. The number of aliphatic hydroxyl groups is 1. The maximum atomic E-state index is 9.11. The summed E-state index contributed by atoms with van der Waals surface area (Å²) in [5.41, 5.74) is 0.913. The predicted molar refractivity (Wildman–Crippen MR) is 67.5 cm³/mol. The molecule has 7 heteroatoms. The number of nitrogens with one attached hydrogen (secondary N) is 2. The number of ether oxygens (including phenoxy) is 1. The minimum Gasteiger partial charge on any atom is -0.394 e. The lowest BCUT2D eigenvalue weighted by molar-refractivity contribution is 0.0115. The highest BCUT2D eigenvalue weighted by molar-refractivity contribution is 5.81. The van der Waals surface area contributed by atoms with E-state index in [2.05, 4.69) is 25.5 Å². The maximum absolute atomic E-state index is 9.11. The Morgan fingerprint density at radius 2 is 2.44 bits per heavy atom. The van der Waals surface area contributed by atoms with Gasteiger partial charge in [0.15, 0.2) is 11.6 Å². The Morgan fingerprint density at radius 3 is 3.17 bits per heavy atom. The summed E-state index contributed by atoms with van der Waals surface area (Å²) >= 11 is 0. The van der Waals surface area contributed by atoms with E-state index in [1.54, 1.807) is 6.33 Å². The van der Waals surface area contributed by atoms with Crippen LogP contribution in [0.25, 0.3) is 0 Å². The van der Waals surface area contributed by atoms with E-state index < -0.39 is 0 Å². The van der Waals surface area contributed by atoms with E-state index in [0.29, 0.717) is 6.67 Å². The first-order valence-corrected chi connectivity index (χ1v) is 6.13. The maximum Gasteiger partial charge on any atom is 0.161 e. The molecule has 7 nitrogen and oxygen atoms in total. The first-order valence-electron chi connectivity index (χ1n) is 6.13. The standard InChI is InChI=1S/C11H17N5O2/c1-12-10-9-11(14-5-13-10)16(6-15-9)8-3-2-7(4-17)18-8/h5,7-8,15,17H,2-4,6H2,1H3,(H,12,13,14). The van der Waals surface area contributed by atoms with Crippen molar-refractivity contribution in [2.45, 2.75) is 25.2 Å². The molecular formula is C11H17N5O2. The fraction of sp³-hybridized carbons (Fsp3) is 0.636. The molecule has 0 bridgehead atoms. The minimum absolute atomic E-state index is 0.0180. The first kappa shape index (κ1) is 11.5. The predicted octanol–water partition coefficient (Wildman–Crippen LogP) is 0.205. The van der Waals surface area contributed by atoms with Gasteiger partial charge in [-0.05, 0) is 12.8 Å². The lowest BCUT2D eigenvalue weighted by Gasteiger charge is -2.24. The Balaban J connectivity index is 1.83. The molecule has 0 saturated carbocycles. The molecule has 0 amide bonds. The molecular weight excluding hydrogens is 234 g/mol. The van der Waals surface area contributed by atoms with Gasteiger partial charge in [0, 0.05) is 7.05 Å². The number of hydrogen-bond acceptors (Lipinski definition) is 7. The molecule has 3 heterocycles. The van der Waals surface area contributed by atoms with Crippen LogP contribution in [0.3, 0.4) is 0 Å². The normalized spacial score (nSPS) is 26.0. The molecule has 3 rings (SSSR count). The molecule has 2 unspecified atom stereocenters. The lowest BCUT2D eigenvalue weighted by Crippen LogP contribution is -2.35. The summed E-state index contributed by atoms with van der Waals surface area (Å²) in [4.78, 5) is 10.6. The smallest absolute Gasteiger partial charge is 0.161 e. The Labute approximate surface area is 105 Å². The second-order valence-corrected chi connectivity index (χ2v) is 4.45. The number of aliphatic hydroxyl groups excluding tert-OH is 1. The van der Waals surface area contributed by atoms with Crippen molar-refractivity contribution in [1.29, 1.82) is 0 Å². The van der Waals surface area contributed by atoms with Gasteiger partial charge < -0.3 is 25.4 Å². The highest BCUT2D eigenvalue weighted by atomic mass is 16.5. The van der Waals surface area contributed by atoms with Crippen molar-refractivity contribution in [3.05, 3.63) is 6.33 Å². The summed E-state index contributed by atoms with van der Waals surface area (Å²) in [5.74, 6) is 1.65. The van der Waals surface area contributed by atoms with E-state index in [-0.39, 0.29) is 18.9 Å². The number of hydrogen-bond donors (Lipinski definition) is 3. The van der Waals surface area contributed by atoms with Crippen LogP contribution >= 0.6 is 0 Å².